The van der Waals surface area contributed by atoms with Crippen molar-refractivity contribution in [2.45, 2.75) is 33.2 Å². The summed E-state index contributed by atoms with van der Waals surface area (Å²) in [5.74, 6) is 0.0640. The summed E-state index contributed by atoms with van der Waals surface area (Å²) >= 11 is 0. The second-order valence-corrected chi connectivity index (χ2v) is 10.2. The second kappa shape index (κ2) is 10.0. The monoisotopic (exact) mass is 450 g/mol. The zero-order valence-electron chi connectivity index (χ0n) is 19.0. The Kier molecular flexibility index (Phi) is 7.36. The Hall–Kier alpha value is -3.12. The highest BCUT2D eigenvalue weighted by molar-refractivity contribution is 7.92. The van der Waals surface area contributed by atoms with E-state index < -0.39 is 10.0 Å². The first-order chi connectivity index (χ1) is 15.1. The molecular formula is C26H30N2O3S. The number of aryl methyl sites for hydroxylation is 2. The van der Waals surface area contributed by atoms with Crippen molar-refractivity contribution in [3.05, 3.63) is 101 Å². The molecule has 0 saturated heterocycles. The van der Waals surface area contributed by atoms with Gasteiger partial charge in [0.1, 0.15) is 0 Å². The molecule has 0 spiro atoms. The molecule has 0 fully saturated rings. The van der Waals surface area contributed by atoms with E-state index in [1.165, 1.54) is 16.1 Å². The summed E-state index contributed by atoms with van der Waals surface area (Å²) in [4.78, 5) is 12.6. The van der Waals surface area contributed by atoms with E-state index in [9.17, 15) is 13.2 Å². The number of hydrogen-bond acceptors (Lipinski definition) is 3. The van der Waals surface area contributed by atoms with Gasteiger partial charge in [0.05, 0.1) is 18.5 Å². The van der Waals surface area contributed by atoms with Crippen LogP contribution in [0.15, 0.2) is 72.8 Å². The number of amides is 1. The van der Waals surface area contributed by atoms with Gasteiger partial charge in [0, 0.05) is 12.1 Å². The summed E-state index contributed by atoms with van der Waals surface area (Å²) in [6.45, 7) is 6.71. The number of sulfonamides is 1. The molecule has 3 aromatic carbocycles. The Morgan fingerprint density at radius 2 is 1.62 bits per heavy atom. The third kappa shape index (κ3) is 5.98. The van der Waals surface area contributed by atoms with E-state index in [1.807, 2.05) is 50.2 Å². The van der Waals surface area contributed by atoms with Crippen LogP contribution in [-0.2, 0) is 16.6 Å². The Balaban J connectivity index is 1.69. The van der Waals surface area contributed by atoms with Crippen LogP contribution in [0.25, 0.3) is 0 Å². The third-order valence-corrected chi connectivity index (χ3v) is 6.63. The molecule has 1 N–H and O–H groups in total. The fraction of sp³-hybridized carbons (Fsp3) is 0.269. The lowest BCUT2D eigenvalue weighted by atomic mass is 10.0. The Labute approximate surface area is 191 Å². The van der Waals surface area contributed by atoms with E-state index in [2.05, 4.69) is 24.4 Å². The number of anilines is 1. The van der Waals surface area contributed by atoms with E-state index in [0.29, 0.717) is 17.8 Å². The normalized spacial score (nSPS) is 12.2. The van der Waals surface area contributed by atoms with Crippen molar-refractivity contribution < 1.29 is 13.2 Å². The molecule has 0 saturated carbocycles. The number of nitrogens with zero attached hydrogens (tertiary/aromatic N) is 1. The standard InChI is InChI=1S/C26H30N2O3S/c1-19-10-15-25(20(2)16-19)28(32(4,30)31)18-22-11-13-24(14-12-22)26(29)27-17-21(3)23-8-6-5-7-9-23/h5-16,21H,17-18H2,1-4H3,(H,27,29)/t21-/m0/s1. The number of carbonyl (C=O) groups excluding carboxylic acids is 1. The summed E-state index contributed by atoms with van der Waals surface area (Å²) in [5.41, 5.74) is 5.18. The molecule has 3 rings (SSSR count). The summed E-state index contributed by atoms with van der Waals surface area (Å²) in [7, 11) is -3.47. The summed E-state index contributed by atoms with van der Waals surface area (Å²) in [6.07, 6.45) is 1.21. The predicted molar refractivity (Wildman–Crippen MR) is 131 cm³/mol. The molecule has 0 aliphatic rings. The van der Waals surface area contributed by atoms with Crippen LogP contribution in [-0.4, -0.2) is 27.1 Å². The highest BCUT2D eigenvalue weighted by Crippen LogP contribution is 2.25. The van der Waals surface area contributed by atoms with Gasteiger partial charge < -0.3 is 5.32 Å². The van der Waals surface area contributed by atoms with Crippen LogP contribution < -0.4 is 9.62 Å². The van der Waals surface area contributed by atoms with Crippen molar-refractivity contribution in [3.63, 3.8) is 0 Å². The molecule has 0 radical (unpaired) electrons. The number of rotatable bonds is 8. The molecule has 0 aliphatic heterocycles. The Bertz CT molecular complexity index is 1170. The van der Waals surface area contributed by atoms with E-state index in [0.717, 1.165) is 16.7 Å². The lowest BCUT2D eigenvalue weighted by Gasteiger charge is -2.24. The predicted octanol–water partition coefficient (Wildman–Crippen LogP) is 4.80. The molecule has 1 atom stereocenters. The van der Waals surface area contributed by atoms with Gasteiger partial charge >= 0.3 is 0 Å². The van der Waals surface area contributed by atoms with Gasteiger partial charge in [0.25, 0.3) is 5.91 Å². The largest absolute Gasteiger partial charge is 0.351 e. The average Bonchev–Trinajstić information content (AvgIpc) is 2.76. The summed E-state index contributed by atoms with van der Waals surface area (Å²) in [5, 5.41) is 2.98. The molecule has 5 nitrogen and oxygen atoms in total. The van der Waals surface area contributed by atoms with Crippen LogP contribution in [0, 0.1) is 13.8 Å². The van der Waals surface area contributed by atoms with Crippen molar-refractivity contribution in [2.24, 2.45) is 0 Å². The van der Waals surface area contributed by atoms with Crippen LogP contribution in [0.1, 0.15) is 45.5 Å². The topological polar surface area (TPSA) is 66.5 Å². The first kappa shape index (κ1) is 23.5. The molecule has 0 unspecified atom stereocenters. The van der Waals surface area contributed by atoms with E-state index >= 15 is 0 Å². The van der Waals surface area contributed by atoms with E-state index in [-0.39, 0.29) is 18.4 Å². The van der Waals surface area contributed by atoms with Gasteiger partial charge in [-0.25, -0.2) is 8.42 Å². The smallest absolute Gasteiger partial charge is 0.251 e. The quantitative estimate of drug-likeness (QED) is 0.536. The molecule has 0 heterocycles. The molecule has 0 aliphatic carbocycles. The van der Waals surface area contributed by atoms with Gasteiger partial charge in [0.2, 0.25) is 10.0 Å². The molecule has 32 heavy (non-hydrogen) atoms. The van der Waals surface area contributed by atoms with Crippen LogP contribution in [0.4, 0.5) is 5.69 Å². The second-order valence-electron chi connectivity index (χ2n) is 8.28. The SMILES string of the molecule is Cc1ccc(N(Cc2ccc(C(=O)NC[C@H](C)c3ccccc3)cc2)S(C)(=O)=O)c(C)c1. The third-order valence-electron chi connectivity index (χ3n) is 5.50. The molecule has 1 amide bonds. The minimum atomic E-state index is -3.47. The van der Waals surface area contributed by atoms with Gasteiger partial charge in [0.15, 0.2) is 0 Å². The summed E-state index contributed by atoms with van der Waals surface area (Å²) in [6, 6.07) is 22.8. The van der Waals surface area contributed by atoms with Crippen LogP contribution in [0.5, 0.6) is 0 Å². The Morgan fingerprint density at radius 1 is 0.969 bits per heavy atom. The van der Waals surface area contributed by atoms with Crippen molar-refractivity contribution in [1.82, 2.24) is 5.32 Å². The fourth-order valence-electron chi connectivity index (χ4n) is 3.64. The van der Waals surface area contributed by atoms with Crippen molar-refractivity contribution in [1.29, 1.82) is 0 Å². The highest BCUT2D eigenvalue weighted by Gasteiger charge is 2.20. The van der Waals surface area contributed by atoms with Crippen molar-refractivity contribution in [3.8, 4) is 0 Å². The molecule has 168 valence electrons. The Morgan fingerprint density at radius 3 is 2.22 bits per heavy atom. The minimum Gasteiger partial charge on any atom is -0.351 e. The maximum absolute atomic E-state index is 12.6. The zero-order chi connectivity index (χ0) is 23.3. The van der Waals surface area contributed by atoms with Crippen LogP contribution in [0.3, 0.4) is 0 Å². The van der Waals surface area contributed by atoms with Gasteiger partial charge in [-0.15, -0.1) is 0 Å². The van der Waals surface area contributed by atoms with Gasteiger partial charge in [-0.05, 0) is 54.7 Å². The molecule has 0 aromatic heterocycles. The van der Waals surface area contributed by atoms with E-state index in [4.69, 9.17) is 0 Å². The number of nitrogens with one attached hydrogen (secondary N) is 1. The number of hydrogen-bond donors (Lipinski definition) is 1. The first-order valence-corrected chi connectivity index (χ1v) is 12.5. The molecular weight excluding hydrogens is 420 g/mol. The van der Waals surface area contributed by atoms with Crippen LogP contribution in [0.2, 0.25) is 0 Å². The van der Waals surface area contributed by atoms with E-state index in [1.54, 1.807) is 24.3 Å². The van der Waals surface area contributed by atoms with Crippen molar-refractivity contribution >= 4 is 21.6 Å². The zero-order valence-corrected chi connectivity index (χ0v) is 19.8. The summed E-state index contributed by atoms with van der Waals surface area (Å²) < 4.78 is 26.4. The highest BCUT2D eigenvalue weighted by atomic mass is 32.2. The minimum absolute atomic E-state index is 0.145. The fourth-order valence-corrected chi connectivity index (χ4v) is 4.59. The molecule has 3 aromatic rings. The lowest BCUT2D eigenvalue weighted by Crippen LogP contribution is -2.30. The number of benzene rings is 3. The lowest BCUT2D eigenvalue weighted by molar-refractivity contribution is 0.0951. The molecule has 6 heteroatoms. The maximum atomic E-state index is 12.6. The van der Waals surface area contributed by atoms with Gasteiger partial charge in [-0.3, -0.25) is 9.10 Å². The van der Waals surface area contributed by atoms with Crippen LogP contribution >= 0.6 is 0 Å². The number of carbonyl (C=O) groups is 1. The van der Waals surface area contributed by atoms with Crippen molar-refractivity contribution in [2.75, 3.05) is 17.1 Å². The average molecular weight is 451 g/mol. The van der Waals surface area contributed by atoms with Gasteiger partial charge in [-0.1, -0.05) is 67.1 Å². The molecule has 0 bridgehead atoms. The van der Waals surface area contributed by atoms with Gasteiger partial charge in [-0.2, -0.15) is 0 Å². The maximum Gasteiger partial charge on any atom is 0.251 e. The first-order valence-electron chi connectivity index (χ1n) is 10.6.